The van der Waals surface area contributed by atoms with E-state index in [9.17, 15) is 4.79 Å². The number of nitrogens with one attached hydrogen (secondary N) is 1. The van der Waals surface area contributed by atoms with Gasteiger partial charge in [-0.1, -0.05) is 6.07 Å². The summed E-state index contributed by atoms with van der Waals surface area (Å²) in [6.45, 7) is 3.54. The Morgan fingerprint density at radius 3 is 2.90 bits per heavy atom. The monoisotopic (exact) mass is 276 g/mol. The average Bonchev–Trinajstić information content (AvgIpc) is 2.47. The first kappa shape index (κ1) is 13.3. The summed E-state index contributed by atoms with van der Waals surface area (Å²) in [6, 6.07) is 3.93. The Bertz CT molecular complexity index is 486. The highest BCUT2D eigenvalue weighted by Crippen LogP contribution is 2.28. The van der Waals surface area contributed by atoms with Gasteiger partial charge in [-0.3, -0.25) is 9.69 Å². The SMILES string of the molecule is Nc1ncccc1CN1CCC2(CC1)CNC(=O)CO2. The fraction of sp³-hybridized carbons (Fsp3) is 0.571. The molecule has 108 valence electrons. The Hall–Kier alpha value is -1.66. The Balaban J connectivity index is 1.56. The summed E-state index contributed by atoms with van der Waals surface area (Å²) in [5, 5.41) is 2.90. The van der Waals surface area contributed by atoms with Crippen LogP contribution in [0.2, 0.25) is 0 Å². The van der Waals surface area contributed by atoms with Crippen LogP contribution in [0, 0.1) is 0 Å². The lowest BCUT2D eigenvalue weighted by Crippen LogP contribution is -2.57. The lowest BCUT2D eigenvalue weighted by molar-refractivity contribution is -0.150. The van der Waals surface area contributed by atoms with Gasteiger partial charge in [0.05, 0.1) is 5.60 Å². The molecule has 2 fully saturated rings. The van der Waals surface area contributed by atoms with Crippen LogP contribution < -0.4 is 11.1 Å². The second-order valence-electron chi connectivity index (χ2n) is 5.57. The molecule has 20 heavy (non-hydrogen) atoms. The summed E-state index contributed by atoms with van der Waals surface area (Å²) < 4.78 is 5.77. The van der Waals surface area contributed by atoms with Gasteiger partial charge in [-0.25, -0.2) is 4.98 Å². The van der Waals surface area contributed by atoms with E-state index >= 15 is 0 Å². The zero-order chi connectivity index (χ0) is 14.0. The average molecular weight is 276 g/mol. The minimum absolute atomic E-state index is 0.0128. The van der Waals surface area contributed by atoms with Gasteiger partial charge in [0.2, 0.25) is 5.91 Å². The third kappa shape index (κ3) is 2.76. The van der Waals surface area contributed by atoms with Crippen molar-refractivity contribution in [3.8, 4) is 0 Å². The fourth-order valence-corrected chi connectivity index (χ4v) is 2.85. The molecule has 0 atom stereocenters. The number of amides is 1. The van der Waals surface area contributed by atoms with Crippen LogP contribution in [0.25, 0.3) is 0 Å². The van der Waals surface area contributed by atoms with Crippen molar-refractivity contribution in [2.45, 2.75) is 25.0 Å². The number of nitrogen functional groups attached to an aromatic ring is 1. The summed E-state index contributed by atoms with van der Waals surface area (Å²) in [5.74, 6) is 0.593. The number of carbonyl (C=O) groups is 1. The Morgan fingerprint density at radius 1 is 1.45 bits per heavy atom. The summed E-state index contributed by atoms with van der Waals surface area (Å²) in [7, 11) is 0. The number of carbonyl (C=O) groups excluding carboxylic acids is 1. The maximum atomic E-state index is 11.2. The van der Waals surface area contributed by atoms with Gasteiger partial charge in [0.25, 0.3) is 0 Å². The van der Waals surface area contributed by atoms with E-state index < -0.39 is 0 Å². The van der Waals surface area contributed by atoms with Crippen LogP contribution in [0.3, 0.4) is 0 Å². The molecule has 3 N–H and O–H groups in total. The van der Waals surface area contributed by atoms with Crippen LogP contribution in [0.4, 0.5) is 5.82 Å². The van der Waals surface area contributed by atoms with Gasteiger partial charge in [-0.15, -0.1) is 0 Å². The molecular weight excluding hydrogens is 256 g/mol. The van der Waals surface area contributed by atoms with Crippen LogP contribution in [0.5, 0.6) is 0 Å². The Labute approximate surface area is 118 Å². The van der Waals surface area contributed by atoms with Crippen molar-refractivity contribution < 1.29 is 9.53 Å². The molecule has 0 bridgehead atoms. The molecule has 0 saturated carbocycles. The molecule has 0 unspecified atom stereocenters. The zero-order valence-electron chi connectivity index (χ0n) is 11.5. The third-order valence-corrected chi connectivity index (χ3v) is 4.20. The number of aromatic nitrogens is 1. The fourth-order valence-electron chi connectivity index (χ4n) is 2.85. The normalized spacial score (nSPS) is 22.7. The van der Waals surface area contributed by atoms with E-state index in [0.29, 0.717) is 12.4 Å². The number of hydrogen-bond donors (Lipinski definition) is 2. The van der Waals surface area contributed by atoms with Gasteiger partial charge < -0.3 is 15.8 Å². The molecule has 0 aromatic carbocycles. The molecule has 1 spiro atoms. The lowest BCUT2D eigenvalue weighted by Gasteiger charge is -2.43. The van der Waals surface area contributed by atoms with Crippen molar-refractivity contribution in [1.82, 2.24) is 15.2 Å². The molecule has 3 rings (SSSR count). The van der Waals surface area contributed by atoms with E-state index in [1.165, 1.54) is 0 Å². The molecule has 0 radical (unpaired) electrons. The molecule has 6 heteroatoms. The van der Waals surface area contributed by atoms with Gasteiger partial charge in [0.15, 0.2) is 0 Å². The first-order valence-corrected chi connectivity index (χ1v) is 6.99. The van der Waals surface area contributed by atoms with Gasteiger partial charge in [-0.2, -0.15) is 0 Å². The predicted octanol–water partition coefficient (Wildman–Crippen LogP) is 0.145. The van der Waals surface area contributed by atoms with Crippen LogP contribution in [-0.2, 0) is 16.1 Å². The van der Waals surface area contributed by atoms with E-state index in [1.807, 2.05) is 12.1 Å². The zero-order valence-corrected chi connectivity index (χ0v) is 11.5. The number of likely N-dealkylation sites (tertiary alicyclic amines) is 1. The number of morpholine rings is 1. The van der Waals surface area contributed by atoms with Gasteiger partial charge in [-0.05, 0) is 18.9 Å². The van der Waals surface area contributed by atoms with E-state index in [4.69, 9.17) is 10.5 Å². The van der Waals surface area contributed by atoms with E-state index in [0.717, 1.165) is 38.0 Å². The molecule has 0 aliphatic carbocycles. The summed E-state index contributed by atoms with van der Waals surface area (Å²) in [5.41, 5.74) is 6.79. The van der Waals surface area contributed by atoms with E-state index in [1.54, 1.807) is 6.20 Å². The number of rotatable bonds is 2. The van der Waals surface area contributed by atoms with Crippen molar-refractivity contribution in [3.05, 3.63) is 23.9 Å². The summed E-state index contributed by atoms with van der Waals surface area (Å²) in [4.78, 5) is 17.6. The Kier molecular flexibility index (Phi) is 3.58. The smallest absolute Gasteiger partial charge is 0.246 e. The van der Waals surface area contributed by atoms with Crippen molar-refractivity contribution >= 4 is 11.7 Å². The molecule has 2 aliphatic rings. The number of ether oxygens (including phenoxy) is 1. The van der Waals surface area contributed by atoms with Crippen LogP contribution in [0.15, 0.2) is 18.3 Å². The number of hydrogen-bond acceptors (Lipinski definition) is 5. The van der Waals surface area contributed by atoms with Crippen molar-refractivity contribution in [2.75, 3.05) is 32.0 Å². The maximum absolute atomic E-state index is 11.2. The van der Waals surface area contributed by atoms with E-state index in [2.05, 4.69) is 15.2 Å². The number of anilines is 1. The number of piperidine rings is 1. The second-order valence-corrected chi connectivity index (χ2v) is 5.57. The maximum Gasteiger partial charge on any atom is 0.246 e. The first-order chi connectivity index (χ1) is 9.67. The first-order valence-electron chi connectivity index (χ1n) is 6.99. The van der Waals surface area contributed by atoms with Crippen molar-refractivity contribution in [3.63, 3.8) is 0 Å². The Morgan fingerprint density at radius 2 is 2.25 bits per heavy atom. The van der Waals surface area contributed by atoms with Crippen LogP contribution in [-0.4, -0.2) is 47.6 Å². The molecule has 1 aromatic rings. The highest BCUT2D eigenvalue weighted by molar-refractivity contribution is 5.78. The quantitative estimate of drug-likeness (QED) is 0.803. The molecule has 6 nitrogen and oxygen atoms in total. The summed E-state index contributed by atoms with van der Waals surface area (Å²) >= 11 is 0. The number of nitrogens with two attached hydrogens (primary N) is 1. The third-order valence-electron chi connectivity index (χ3n) is 4.20. The minimum Gasteiger partial charge on any atom is -0.383 e. The molecule has 1 amide bonds. The lowest BCUT2D eigenvalue weighted by atomic mass is 9.90. The van der Waals surface area contributed by atoms with E-state index in [-0.39, 0.29) is 18.1 Å². The number of pyridine rings is 1. The largest absolute Gasteiger partial charge is 0.383 e. The molecule has 1 aromatic heterocycles. The topological polar surface area (TPSA) is 80.5 Å². The van der Waals surface area contributed by atoms with Crippen LogP contribution >= 0.6 is 0 Å². The van der Waals surface area contributed by atoms with Crippen molar-refractivity contribution in [1.29, 1.82) is 0 Å². The molecule has 2 aliphatic heterocycles. The standard InChI is InChI=1S/C14H20N4O2/c15-13-11(2-1-5-16-13)8-18-6-3-14(4-7-18)10-17-12(19)9-20-14/h1-2,5H,3-4,6-10H2,(H2,15,16)(H,17,19). The molecular formula is C14H20N4O2. The highest BCUT2D eigenvalue weighted by atomic mass is 16.5. The van der Waals surface area contributed by atoms with Gasteiger partial charge in [0, 0.05) is 37.9 Å². The minimum atomic E-state index is -0.162. The molecule has 3 heterocycles. The highest BCUT2D eigenvalue weighted by Gasteiger charge is 2.38. The second kappa shape index (κ2) is 5.38. The van der Waals surface area contributed by atoms with Crippen molar-refractivity contribution in [2.24, 2.45) is 0 Å². The van der Waals surface area contributed by atoms with Gasteiger partial charge in [0.1, 0.15) is 12.4 Å². The number of nitrogens with zero attached hydrogens (tertiary/aromatic N) is 2. The van der Waals surface area contributed by atoms with Crippen LogP contribution in [0.1, 0.15) is 18.4 Å². The predicted molar refractivity (Wildman–Crippen MR) is 74.9 cm³/mol. The molecule has 2 saturated heterocycles. The summed E-state index contributed by atoms with van der Waals surface area (Å²) in [6.07, 6.45) is 3.59. The van der Waals surface area contributed by atoms with Gasteiger partial charge >= 0.3 is 0 Å².